The number of fused-ring (bicyclic) bond motifs is 1. The Kier molecular flexibility index (Phi) is 5.11. The number of hydrogen-bond donors (Lipinski definition) is 0. The number of nitrogens with zero attached hydrogens (tertiary/aromatic N) is 4. The number of hydrogen-bond acceptors (Lipinski definition) is 4. The van der Waals surface area contributed by atoms with Crippen molar-refractivity contribution in [3.8, 4) is 11.3 Å². The lowest BCUT2D eigenvalue weighted by Gasteiger charge is -2.23. The molecule has 1 fully saturated rings. The first-order chi connectivity index (χ1) is 15.1. The first-order valence-electron chi connectivity index (χ1n) is 10.5. The molecule has 0 atom stereocenters. The van der Waals surface area contributed by atoms with Crippen molar-refractivity contribution in [2.75, 3.05) is 13.2 Å². The van der Waals surface area contributed by atoms with Crippen LogP contribution in [0.3, 0.4) is 0 Å². The number of ether oxygens (including phenoxy) is 1. The summed E-state index contributed by atoms with van der Waals surface area (Å²) in [6.07, 6.45) is 4.09. The van der Waals surface area contributed by atoms with E-state index >= 15 is 0 Å². The summed E-state index contributed by atoms with van der Waals surface area (Å²) in [6.45, 7) is 1.44. The van der Waals surface area contributed by atoms with E-state index in [0.717, 1.165) is 48.4 Å². The van der Waals surface area contributed by atoms with Gasteiger partial charge < -0.3 is 9.30 Å². The topological polar surface area (TPSA) is 61.9 Å². The lowest BCUT2D eigenvalue weighted by molar-refractivity contribution is 0.0675. The maximum Gasteiger partial charge on any atom is 0.261 e. The van der Waals surface area contributed by atoms with Crippen molar-refractivity contribution in [1.29, 1.82) is 0 Å². The summed E-state index contributed by atoms with van der Waals surface area (Å²) >= 11 is 0. The Morgan fingerprint density at radius 2 is 1.90 bits per heavy atom. The standard InChI is InChI=1S/C24H23FN4O2/c1-28-19(13-16-5-7-17(8-6-16)21-3-2-4-23(25)27-21)14-22-20(24(28)30)15-26-29(22)18-9-11-31-12-10-18/h2-8,14-15,18H,9-13H2,1H3. The molecule has 1 aliphatic heterocycles. The van der Waals surface area contributed by atoms with Crippen molar-refractivity contribution < 1.29 is 9.13 Å². The van der Waals surface area contributed by atoms with E-state index in [1.54, 1.807) is 29.9 Å². The molecule has 0 unspecified atom stereocenters. The Bertz CT molecular complexity index is 1290. The third-order valence-corrected chi connectivity index (χ3v) is 5.99. The molecule has 0 spiro atoms. The number of rotatable bonds is 4. The number of benzene rings is 1. The van der Waals surface area contributed by atoms with Gasteiger partial charge in [-0.05, 0) is 36.6 Å². The zero-order chi connectivity index (χ0) is 21.4. The summed E-state index contributed by atoms with van der Waals surface area (Å²) in [5.74, 6) is -0.494. The van der Waals surface area contributed by atoms with Crippen LogP contribution in [0.25, 0.3) is 22.2 Å². The molecule has 3 aromatic heterocycles. The van der Waals surface area contributed by atoms with Crippen molar-refractivity contribution in [2.24, 2.45) is 7.05 Å². The molecule has 1 saturated heterocycles. The fourth-order valence-electron chi connectivity index (χ4n) is 4.21. The minimum atomic E-state index is -0.494. The summed E-state index contributed by atoms with van der Waals surface area (Å²) in [5, 5.41) is 5.18. The average molecular weight is 418 g/mol. The van der Waals surface area contributed by atoms with Gasteiger partial charge in [-0.25, -0.2) is 4.98 Å². The van der Waals surface area contributed by atoms with Gasteiger partial charge in [-0.15, -0.1) is 0 Å². The second-order valence-electron chi connectivity index (χ2n) is 7.95. The van der Waals surface area contributed by atoms with Crippen LogP contribution in [0.4, 0.5) is 4.39 Å². The van der Waals surface area contributed by atoms with Crippen LogP contribution in [0.2, 0.25) is 0 Å². The minimum absolute atomic E-state index is 0.0357. The second-order valence-corrected chi connectivity index (χ2v) is 7.95. The SMILES string of the molecule is Cn1c(Cc2ccc(-c3cccc(F)n3)cc2)cc2c(cnn2C2CCOCC2)c1=O. The van der Waals surface area contributed by atoms with Crippen molar-refractivity contribution in [3.05, 3.63) is 82.3 Å². The van der Waals surface area contributed by atoms with Gasteiger partial charge in [0.1, 0.15) is 0 Å². The number of pyridine rings is 2. The van der Waals surface area contributed by atoms with Crippen LogP contribution in [-0.2, 0) is 18.2 Å². The Balaban J connectivity index is 1.47. The largest absolute Gasteiger partial charge is 0.381 e. The van der Waals surface area contributed by atoms with Gasteiger partial charge >= 0.3 is 0 Å². The molecular formula is C24H23FN4O2. The first kappa shape index (κ1) is 19.6. The van der Waals surface area contributed by atoms with Gasteiger partial charge in [-0.3, -0.25) is 9.48 Å². The van der Waals surface area contributed by atoms with E-state index in [1.165, 1.54) is 6.07 Å². The molecule has 7 heteroatoms. The van der Waals surface area contributed by atoms with Crippen LogP contribution in [0.1, 0.15) is 30.1 Å². The molecule has 1 aliphatic rings. The highest BCUT2D eigenvalue weighted by molar-refractivity contribution is 5.78. The van der Waals surface area contributed by atoms with Crippen molar-refractivity contribution in [1.82, 2.24) is 19.3 Å². The summed E-state index contributed by atoms with van der Waals surface area (Å²) in [6, 6.07) is 14.9. The molecule has 4 heterocycles. The third-order valence-electron chi connectivity index (χ3n) is 5.99. The minimum Gasteiger partial charge on any atom is -0.381 e. The third kappa shape index (κ3) is 3.77. The van der Waals surface area contributed by atoms with E-state index in [9.17, 15) is 9.18 Å². The van der Waals surface area contributed by atoms with E-state index in [4.69, 9.17) is 4.74 Å². The second kappa shape index (κ2) is 8.07. The molecule has 4 aromatic rings. The van der Waals surface area contributed by atoms with Crippen LogP contribution in [0.5, 0.6) is 0 Å². The lowest BCUT2D eigenvalue weighted by Crippen LogP contribution is -2.23. The Morgan fingerprint density at radius 1 is 1.13 bits per heavy atom. The molecule has 0 amide bonds. The molecule has 0 bridgehead atoms. The maximum absolute atomic E-state index is 13.4. The molecule has 0 radical (unpaired) electrons. The summed E-state index contributed by atoms with van der Waals surface area (Å²) in [5.41, 5.74) is 4.28. The highest BCUT2D eigenvalue weighted by Gasteiger charge is 2.20. The molecule has 31 heavy (non-hydrogen) atoms. The quantitative estimate of drug-likeness (QED) is 0.472. The molecule has 5 rings (SSSR count). The van der Waals surface area contributed by atoms with E-state index in [0.29, 0.717) is 17.5 Å². The van der Waals surface area contributed by atoms with Crippen LogP contribution < -0.4 is 5.56 Å². The van der Waals surface area contributed by atoms with Crippen LogP contribution in [-0.4, -0.2) is 32.5 Å². The fraction of sp³-hybridized carbons (Fsp3) is 0.292. The van der Waals surface area contributed by atoms with E-state index in [2.05, 4.69) is 16.1 Å². The van der Waals surface area contributed by atoms with E-state index < -0.39 is 5.95 Å². The lowest BCUT2D eigenvalue weighted by atomic mass is 10.0. The number of halogens is 1. The van der Waals surface area contributed by atoms with Crippen molar-refractivity contribution in [2.45, 2.75) is 25.3 Å². The molecule has 0 saturated carbocycles. The predicted octanol–water partition coefficient (Wildman–Crippen LogP) is 3.88. The highest BCUT2D eigenvalue weighted by Crippen LogP contribution is 2.25. The first-order valence-corrected chi connectivity index (χ1v) is 10.5. The van der Waals surface area contributed by atoms with Gasteiger partial charge in [0.25, 0.3) is 5.56 Å². The normalized spacial score (nSPS) is 14.9. The van der Waals surface area contributed by atoms with Crippen molar-refractivity contribution in [3.63, 3.8) is 0 Å². The van der Waals surface area contributed by atoms with E-state index in [1.807, 2.05) is 28.9 Å². The molecule has 6 nitrogen and oxygen atoms in total. The molecule has 158 valence electrons. The summed E-state index contributed by atoms with van der Waals surface area (Å²) in [7, 11) is 1.80. The molecule has 0 N–H and O–H groups in total. The monoisotopic (exact) mass is 418 g/mol. The zero-order valence-corrected chi connectivity index (χ0v) is 17.3. The Morgan fingerprint density at radius 3 is 2.65 bits per heavy atom. The Labute approximate surface area is 178 Å². The van der Waals surface area contributed by atoms with Crippen LogP contribution >= 0.6 is 0 Å². The molecular weight excluding hydrogens is 395 g/mol. The molecule has 1 aromatic carbocycles. The van der Waals surface area contributed by atoms with Gasteiger partial charge in [-0.2, -0.15) is 9.49 Å². The average Bonchev–Trinajstić information content (AvgIpc) is 3.22. The maximum atomic E-state index is 13.4. The highest BCUT2D eigenvalue weighted by atomic mass is 19.1. The van der Waals surface area contributed by atoms with Crippen molar-refractivity contribution >= 4 is 10.9 Å². The fourth-order valence-corrected chi connectivity index (χ4v) is 4.21. The van der Waals surface area contributed by atoms with E-state index in [-0.39, 0.29) is 11.6 Å². The van der Waals surface area contributed by atoms with Gasteiger partial charge in [0.2, 0.25) is 5.95 Å². The summed E-state index contributed by atoms with van der Waals surface area (Å²) in [4.78, 5) is 16.9. The smallest absolute Gasteiger partial charge is 0.261 e. The van der Waals surface area contributed by atoms with Gasteiger partial charge in [0.15, 0.2) is 0 Å². The van der Waals surface area contributed by atoms with Crippen LogP contribution in [0, 0.1) is 5.95 Å². The molecule has 0 aliphatic carbocycles. The predicted molar refractivity (Wildman–Crippen MR) is 117 cm³/mol. The van der Waals surface area contributed by atoms with Gasteiger partial charge in [-0.1, -0.05) is 30.3 Å². The Hall–Kier alpha value is -3.32. The zero-order valence-electron chi connectivity index (χ0n) is 17.3. The summed E-state index contributed by atoms with van der Waals surface area (Å²) < 4.78 is 22.6. The number of aromatic nitrogens is 4. The van der Waals surface area contributed by atoms with Gasteiger partial charge in [0, 0.05) is 37.9 Å². The van der Waals surface area contributed by atoms with Crippen LogP contribution in [0.15, 0.2) is 59.5 Å². The van der Waals surface area contributed by atoms with Gasteiger partial charge in [0.05, 0.1) is 28.8 Å².